The van der Waals surface area contributed by atoms with Crippen molar-refractivity contribution in [2.24, 2.45) is 0 Å². The van der Waals surface area contributed by atoms with Crippen molar-refractivity contribution < 1.29 is 27.6 Å². The number of aryl methyl sites for hydroxylation is 1. The monoisotopic (exact) mass is 312 g/mol. The number of benzene rings is 1. The summed E-state index contributed by atoms with van der Waals surface area (Å²) in [5, 5.41) is 3.71. The van der Waals surface area contributed by atoms with E-state index in [9.17, 15) is 13.6 Å². The van der Waals surface area contributed by atoms with Gasteiger partial charge in [0.15, 0.2) is 12.4 Å². The summed E-state index contributed by atoms with van der Waals surface area (Å²) in [5.41, 5.74) is -0.101. The Hall–Kier alpha value is -2.51. The highest BCUT2D eigenvalue weighted by Crippen LogP contribution is 2.21. The van der Waals surface area contributed by atoms with Crippen LogP contribution in [0, 0.1) is 0 Å². The number of carbonyl (C=O) groups excluding carboxylic acids is 1. The molecule has 0 radical (unpaired) electrons. The molecule has 0 aliphatic carbocycles. The Kier molecular flexibility index (Phi) is 5.40. The minimum atomic E-state index is -3.03. The van der Waals surface area contributed by atoms with E-state index in [2.05, 4.69) is 14.9 Å². The van der Waals surface area contributed by atoms with E-state index in [0.717, 1.165) is 6.42 Å². The molecule has 1 aromatic heterocycles. The highest BCUT2D eigenvalue weighted by atomic mass is 19.3. The Bertz CT molecular complexity index is 631. The molecule has 6 nitrogen and oxygen atoms in total. The number of para-hydroxylation sites is 1. The number of esters is 1. The Balaban J connectivity index is 1.99. The van der Waals surface area contributed by atoms with Gasteiger partial charge in [-0.1, -0.05) is 24.2 Å². The van der Waals surface area contributed by atoms with Crippen molar-refractivity contribution in [2.75, 3.05) is 0 Å². The van der Waals surface area contributed by atoms with Gasteiger partial charge in [0.25, 0.3) is 5.89 Å². The molecule has 0 amide bonds. The fourth-order valence-corrected chi connectivity index (χ4v) is 1.71. The van der Waals surface area contributed by atoms with E-state index in [1.165, 1.54) is 24.3 Å². The van der Waals surface area contributed by atoms with Crippen LogP contribution in [0.1, 0.15) is 35.4 Å². The smallest absolute Gasteiger partial charge is 0.387 e. The van der Waals surface area contributed by atoms with Crippen molar-refractivity contribution in [3.63, 3.8) is 0 Å². The normalized spacial score (nSPS) is 10.7. The molecule has 0 spiro atoms. The highest BCUT2D eigenvalue weighted by molar-refractivity contribution is 5.92. The maximum absolute atomic E-state index is 12.3. The topological polar surface area (TPSA) is 74.5 Å². The summed E-state index contributed by atoms with van der Waals surface area (Å²) in [4.78, 5) is 15.9. The summed E-state index contributed by atoms with van der Waals surface area (Å²) in [6.07, 6.45) is 1.51. The molecule has 0 saturated heterocycles. The lowest BCUT2D eigenvalue weighted by Crippen LogP contribution is -2.10. The molecular formula is C14H14F2N2O4. The number of halogens is 2. The number of ether oxygens (including phenoxy) is 2. The number of carbonyl (C=O) groups is 1. The van der Waals surface area contributed by atoms with Gasteiger partial charge in [0.05, 0.1) is 0 Å². The average Bonchev–Trinajstić information content (AvgIpc) is 2.93. The summed E-state index contributed by atoms with van der Waals surface area (Å²) < 4.78 is 38.7. The first kappa shape index (κ1) is 15.9. The molecule has 22 heavy (non-hydrogen) atoms. The zero-order chi connectivity index (χ0) is 15.9. The number of alkyl halides is 2. The molecule has 1 heterocycles. The lowest BCUT2D eigenvalue weighted by Gasteiger charge is -2.09. The van der Waals surface area contributed by atoms with Crippen molar-refractivity contribution in [2.45, 2.75) is 33.0 Å². The number of nitrogens with zero attached hydrogens (tertiary/aromatic N) is 2. The molecule has 8 heteroatoms. The van der Waals surface area contributed by atoms with Gasteiger partial charge in [-0.25, -0.2) is 4.79 Å². The fraction of sp³-hybridized carbons (Fsp3) is 0.357. The van der Waals surface area contributed by atoms with Gasteiger partial charge < -0.3 is 14.0 Å². The molecule has 0 fully saturated rings. The van der Waals surface area contributed by atoms with Crippen LogP contribution in [0.4, 0.5) is 8.78 Å². The number of aromatic nitrogens is 2. The molecule has 0 aliphatic heterocycles. The Morgan fingerprint density at radius 1 is 1.36 bits per heavy atom. The lowest BCUT2D eigenvalue weighted by molar-refractivity contribution is -0.0505. The number of hydrogen-bond acceptors (Lipinski definition) is 6. The number of hydrogen-bond donors (Lipinski definition) is 0. The van der Waals surface area contributed by atoms with Gasteiger partial charge in [-0.3, -0.25) is 0 Å². The summed E-state index contributed by atoms with van der Waals surface area (Å²) in [6, 6.07) is 5.58. The molecule has 0 aliphatic rings. The highest BCUT2D eigenvalue weighted by Gasteiger charge is 2.17. The maximum Gasteiger partial charge on any atom is 0.387 e. The second kappa shape index (κ2) is 7.48. The molecule has 0 saturated carbocycles. The molecule has 2 aromatic rings. The van der Waals surface area contributed by atoms with Gasteiger partial charge in [-0.15, -0.1) is 0 Å². The summed E-state index contributed by atoms with van der Waals surface area (Å²) in [6.45, 7) is -1.30. The molecule has 0 atom stereocenters. The third kappa shape index (κ3) is 4.24. The molecule has 2 rings (SSSR count). The maximum atomic E-state index is 12.3. The Morgan fingerprint density at radius 2 is 2.14 bits per heavy atom. The number of rotatable bonds is 7. The van der Waals surface area contributed by atoms with Crippen LogP contribution in [0.15, 0.2) is 28.8 Å². The van der Waals surface area contributed by atoms with E-state index in [1.807, 2.05) is 6.92 Å². The second-order valence-electron chi connectivity index (χ2n) is 4.31. The molecule has 118 valence electrons. The predicted octanol–water partition coefficient (Wildman–Crippen LogP) is 2.98. The van der Waals surface area contributed by atoms with Crippen molar-refractivity contribution in [3.05, 3.63) is 41.5 Å². The van der Waals surface area contributed by atoms with Crippen LogP contribution in [-0.2, 0) is 17.8 Å². The van der Waals surface area contributed by atoms with Crippen molar-refractivity contribution in [3.8, 4) is 5.75 Å². The van der Waals surface area contributed by atoms with Crippen LogP contribution in [0.2, 0.25) is 0 Å². The standard InChI is InChI=1S/C14H14F2N2O4/c1-2-5-11-17-12(22-18-11)8-20-13(19)9-6-3-4-7-10(9)21-14(15)16/h3-4,6-7,14H,2,5,8H2,1H3. The Labute approximate surface area is 125 Å². The summed E-state index contributed by atoms with van der Waals surface area (Å²) >= 11 is 0. The van der Waals surface area contributed by atoms with Gasteiger partial charge in [-0.05, 0) is 18.6 Å². The van der Waals surface area contributed by atoms with Gasteiger partial charge in [0, 0.05) is 6.42 Å². The second-order valence-corrected chi connectivity index (χ2v) is 4.31. The zero-order valence-electron chi connectivity index (χ0n) is 11.8. The Morgan fingerprint density at radius 3 is 2.86 bits per heavy atom. The van der Waals surface area contributed by atoms with Crippen molar-refractivity contribution in [1.82, 2.24) is 10.1 Å². The van der Waals surface area contributed by atoms with Gasteiger partial charge in [-0.2, -0.15) is 13.8 Å². The van der Waals surface area contributed by atoms with Crippen molar-refractivity contribution in [1.29, 1.82) is 0 Å². The van der Waals surface area contributed by atoms with E-state index in [4.69, 9.17) is 9.26 Å². The van der Waals surface area contributed by atoms with Gasteiger partial charge in [0.1, 0.15) is 11.3 Å². The van der Waals surface area contributed by atoms with E-state index < -0.39 is 12.6 Å². The average molecular weight is 312 g/mol. The third-order valence-electron chi connectivity index (χ3n) is 2.63. The lowest BCUT2D eigenvalue weighted by atomic mass is 10.2. The van der Waals surface area contributed by atoms with Crippen LogP contribution in [0.5, 0.6) is 5.75 Å². The minimum Gasteiger partial charge on any atom is -0.452 e. The van der Waals surface area contributed by atoms with E-state index in [0.29, 0.717) is 12.2 Å². The van der Waals surface area contributed by atoms with Crippen LogP contribution >= 0.6 is 0 Å². The zero-order valence-corrected chi connectivity index (χ0v) is 11.8. The molecular weight excluding hydrogens is 298 g/mol. The van der Waals surface area contributed by atoms with Crippen molar-refractivity contribution >= 4 is 5.97 Å². The molecule has 0 bridgehead atoms. The molecule has 1 aromatic carbocycles. The first-order valence-electron chi connectivity index (χ1n) is 6.62. The fourth-order valence-electron chi connectivity index (χ4n) is 1.71. The van der Waals surface area contributed by atoms with E-state index in [1.54, 1.807) is 0 Å². The summed E-state index contributed by atoms with van der Waals surface area (Å²) in [5.74, 6) is -0.398. The van der Waals surface area contributed by atoms with Crippen LogP contribution in [0.25, 0.3) is 0 Å². The quantitative estimate of drug-likeness (QED) is 0.732. The first-order valence-corrected chi connectivity index (χ1v) is 6.62. The SMILES string of the molecule is CCCc1noc(COC(=O)c2ccccc2OC(F)F)n1. The molecule has 0 unspecified atom stereocenters. The largest absolute Gasteiger partial charge is 0.452 e. The van der Waals surface area contributed by atoms with E-state index in [-0.39, 0.29) is 23.8 Å². The van der Waals surface area contributed by atoms with Crippen LogP contribution in [0.3, 0.4) is 0 Å². The summed E-state index contributed by atoms with van der Waals surface area (Å²) in [7, 11) is 0. The third-order valence-corrected chi connectivity index (χ3v) is 2.63. The predicted molar refractivity (Wildman–Crippen MR) is 70.5 cm³/mol. The molecule has 0 N–H and O–H groups in total. The van der Waals surface area contributed by atoms with Gasteiger partial charge in [0.2, 0.25) is 0 Å². The minimum absolute atomic E-state index is 0.101. The van der Waals surface area contributed by atoms with Crippen LogP contribution < -0.4 is 4.74 Å². The first-order chi connectivity index (χ1) is 10.6. The van der Waals surface area contributed by atoms with Crippen LogP contribution in [-0.4, -0.2) is 22.7 Å². The van der Waals surface area contributed by atoms with Gasteiger partial charge >= 0.3 is 12.6 Å². The van der Waals surface area contributed by atoms with E-state index >= 15 is 0 Å².